The molecule has 52 heavy (non-hydrogen) atoms. The molecular formula is C38H48N10O4. The molecule has 1 aliphatic heterocycles. The van der Waals surface area contributed by atoms with Crippen LogP contribution in [0.25, 0.3) is 5.65 Å². The molecule has 4 heterocycles. The van der Waals surface area contributed by atoms with E-state index in [1.807, 2.05) is 80.7 Å². The molecule has 0 saturated carbocycles. The van der Waals surface area contributed by atoms with E-state index < -0.39 is 29.0 Å². The van der Waals surface area contributed by atoms with Crippen molar-refractivity contribution in [2.24, 2.45) is 0 Å². The first-order chi connectivity index (χ1) is 24.8. The van der Waals surface area contributed by atoms with Gasteiger partial charge < -0.3 is 25.2 Å². The Bertz CT molecular complexity index is 1980. The first kappa shape index (κ1) is 36.4. The van der Waals surface area contributed by atoms with Crippen LogP contribution in [0.3, 0.4) is 0 Å². The van der Waals surface area contributed by atoms with Crippen LogP contribution < -0.4 is 25.6 Å². The number of urea groups is 1. The fourth-order valence-electron chi connectivity index (χ4n) is 6.77. The van der Waals surface area contributed by atoms with Gasteiger partial charge >= 0.3 is 6.03 Å². The minimum atomic E-state index is -1.50. The number of benzene rings is 1. The van der Waals surface area contributed by atoms with Gasteiger partial charge in [-0.3, -0.25) is 19.3 Å². The van der Waals surface area contributed by atoms with E-state index in [0.29, 0.717) is 54.0 Å². The third kappa shape index (κ3) is 7.61. The Morgan fingerprint density at radius 3 is 2.52 bits per heavy atom. The fraction of sp³-hybridized carbons (Fsp3) is 0.447. The van der Waals surface area contributed by atoms with Crippen molar-refractivity contribution >= 4 is 35.6 Å². The number of carbonyl (C=O) groups is 3. The molecule has 274 valence electrons. The van der Waals surface area contributed by atoms with E-state index in [0.717, 1.165) is 24.4 Å². The summed E-state index contributed by atoms with van der Waals surface area (Å²) in [6.45, 7) is 11.3. The van der Waals surface area contributed by atoms with Crippen LogP contribution in [0.1, 0.15) is 87.4 Å². The number of anilines is 2. The molecule has 1 fully saturated rings. The lowest BCUT2D eigenvalue weighted by molar-refractivity contribution is -0.111. The fourth-order valence-corrected chi connectivity index (χ4v) is 6.77. The van der Waals surface area contributed by atoms with Crippen LogP contribution in [0.2, 0.25) is 0 Å². The molecule has 3 aromatic heterocycles. The van der Waals surface area contributed by atoms with Gasteiger partial charge in [-0.25, -0.2) is 14.8 Å². The summed E-state index contributed by atoms with van der Waals surface area (Å²) in [4.78, 5) is 52.5. The van der Waals surface area contributed by atoms with Crippen molar-refractivity contribution in [3.8, 4) is 5.75 Å². The molecule has 3 N–H and O–H groups in total. The van der Waals surface area contributed by atoms with Crippen molar-refractivity contribution in [1.29, 1.82) is 0 Å². The van der Waals surface area contributed by atoms with Gasteiger partial charge in [0.15, 0.2) is 11.9 Å². The number of carbonyl (C=O) groups excluding carboxylic acids is 3. The number of pyridine rings is 1. The van der Waals surface area contributed by atoms with E-state index in [1.165, 1.54) is 6.42 Å². The monoisotopic (exact) mass is 708 g/mol. The van der Waals surface area contributed by atoms with Crippen LogP contribution in [0, 0.1) is 0 Å². The van der Waals surface area contributed by atoms with Crippen LogP contribution in [0.5, 0.6) is 5.75 Å². The first-order valence-corrected chi connectivity index (χ1v) is 17.7. The predicted molar refractivity (Wildman–Crippen MR) is 199 cm³/mol. The Balaban J connectivity index is 1.23. The van der Waals surface area contributed by atoms with E-state index in [1.54, 1.807) is 24.3 Å². The van der Waals surface area contributed by atoms with Crippen LogP contribution in [0.15, 0.2) is 60.8 Å². The minimum Gasteiger partial charge on any atom is -0.480 e. The Morgan fingerprint density at radius 1 is 1.06 bits per heavy atom. The van der Waals surface area contributed by atoms with Crippen molar-refractivity contribution in [2.45, 2.75) is 83.0 Å². The highest BCUT2D eigenvalue weighted by Gasteiger charge is 2.39. The normalized spacial score (nSPS) is 21.5. The molecular weight excluding hydrogens is 660 g/mol. The maximum atomic E-state index is 13.6. The van der Waals surface area contributed by atoms with Gasteiger partial charge in [-0.2, -0.15) is 0 Å². The quantitative estimate of drug-likeness (QED) is 0.155. The van der Waals surface area contributed by atoms with E-state index in [9.17, 15) is 14.4 Å². The molecule has 4 aromatic rings. The third-order valence-corrected chi connectivity index (χ3v) is 9.58. The number of hydrogen-bond donors (Lipinski definition) is 3. The van der Waals surface area contributed by atoms with E-state index in [-0.39, 0.29) is 11.6 Å². The Labute approximate surface area is 304 Å². The average molecular weight is 709 g/mol. The summed E-state index contributed by atoms with van der Waals surface area (Å²) in [6, 6.07) is 12.7. The van der Waals surface area contributed by atoms with Crippen LogP contribution in [0.4, 0.5) is 16.6 Å². The number of nitrogens with zero attached hydrogens (tertiary/aromatic N) is 7. The highest BCUT2D eigenvalue weighted by molar-refractivity contribution is 5.94. The number of piperidine rings is 1. The number of amides is 3. The van der Waals surface area contributed by atoms with Gasteiger partial charge in [0, 0.05) is 42.2 Å². The van der Waals surface area contributed by atoms with Gasteiger partial charge in [0.25, 0.3) is 5.91 Å². The van der Waals surface area contributed by atoms with Gasteiger partial charge in [0.2, 0.25) is 11.8 Å². The molecule has 0 unspecified atom stereocenters. The van der Waals surface area contributed by atoms with Crippen molar-refractivity contribution in [3.05, 3.63) is 83.5 Å². The van der Waals surface area contributed by atoms with Crippen molar-refractivity contribution < 1.29 is 19.1 Å². The van der Waals surface area contributed by atoms with E-state index in [4.69, 9.17) is 4.74 Å². The third-order valence-electron chi connectivity index (χ3n) is 9.58. The Morgan fingerprint density at radius 2 is 1.81 bits per heavy atom. The standard InChI is InChI=1S/C38H48N10O4/c1-24-11-10-12-25(2)48(24)36-45-44-32-16-15-26(22-47(32)36)52-29-17-18-38(23-49,28-14-9-8-13-27(28)29)43-35(51)42-31-21-30(37(3,4)5)40-33(41-31)34(50)39-19-20-46(6)7/h8-9,13-18,21-25,29H,10-12,19-20H2,1-7H3,(H,39,50)(H2,40,41,42,43,51)/t24-,25+,29-,38-/m1/s1. The van der Waals surface area contributed by atoms with Crippen molar-refractivity contribution in [2.75, 3.05) is 37.4 Å². The molecule has 14 heteroatoms. The molecule has 0 spiro atoms. The van der Waals surface area contributed by atoms with Gasteiger partial charge in [-0.05, 0) is 77.1 Å². The number of hydrogen-bond acceptors (Lipinski definition) is 10. The zero-order chi connectivity index (χ0) is 37.2. The van der Waals surface area contributed by atoms with Gasteiger partial charge in [0.05, 0.1) is 11.9 Å². The molecule has 0 radical (unpaired) electrons. The average Bonchev–Trinajstić information content (AvgIpc) is 3.51. The topological polar surface area (TPSA) is 159 Å². The minimum absolute atomic E-state index is 0.0637. The molecule has 14 nitrogen and oxygen atoms in total. The Kier molecular flexibility index (Phi) is 10.3. The molecule has 1 aromatic carbocycles. The second-order valence-electron chi connectivity index (χ2n) is 15.0. The van der Waals surface area contributed by atoms with Crippen molar-refractivity contribution in [1.82, 2.24) is 40.1 Å². The number of aromatic nitrogens is 5. The van der Waals surface area contributed by atoms with Gasteiger partial charge in [-0.1, -0.05) is 45.0 Å². The van der Waals surface area contributed by atoms with E-state index in [2.05, 4.69) is 54.9 Å². The number of nitrogens with one attached hydrogen (secondary N) is 3. The number of rotatable bonds is 10. The molecule has 2 aliphatic rings. The van der Waals surface area contributed by atoms with Crippen LogP contribution in [-0.4, -0.2) is 87.0 Å². The molecule has 6 rings (SSSR count). The largest absolute Gasteiger partial charge is 0.480 e. The lowest BCUT2D eigenvalue weighted by atomic mass is 9.81. The molecule has 4 atom stereocenters. The summed E-state index contributed by atoms with van der Waals surface area (Å²) < 4.78 is 8.49. The second kappa shape index (κ2) is 14.7. The SMILES string of the molecule is C[C@@H]1CCC[C@H](C)N1c1nnc2ccc(O[C@@H]3C=C[C@](C=O)(NC(=O)Nc4cc(C(C)(C)C)nc(C(=O)NCCN(C)C)n4)c4ccccc43)cn12. The maximum Gasteiger partial charge on any atom is 0.321 e. The molecule has 3 amide bonds. The number of fused-ring (bicyclic) bond motifs is 2. The summed E-state index contributed by atoms with van der Waals surface area (Å²) in [5.41, 5.74) is 0.627. The smallest absolute Gasteiger partial charge is 0.321 e. The number of likely N-dealkylation sites (N-methyl/N-ethyl adjacent to an activating group) is 1. The first-order valence-electron chi connectivity index (χ1n) is 17.7. The maximum absolute atomic E-state index is 13.6. The Hall–Kier alpha value is -5.37. The molecule has 1 saturated heterocycles. The zero-order valence-corrected chi connectivity index (χ0v) is 30.9. The number of aldehydes is 1. The highest BCUT2D eigenvalue weighted by atomic mass is 16.5. The summed E-state index contributed by atoms with van der Waals surface area (Å²) in [5.74, 6) is 0.991. The lowest BCUT2D eigenvalue weighted by Crippen LogP contribution is -2.49. The summed E-state index contributed by atoms with van der Waals surface area (Å²) in [6.07, 6.45) is 8.81. The van der Waals surface area contributed by atoms with Gasteiger partial charge in [0.1, 0.15) is 23.2 Å². The highest BCUT2D eigenvalue weighted by Crippen LogP contribution is 2.38. The van der Waals surface area contributed by atoms with E-state index >= 15 is 0 Å². The number of ether oxygens (including phenoxy) is 1. The zero-order valence-electron chi connectivity index (χ0n) is 30.9. The van der Waals surface area contributed by atoms with Crippen molar-refractivity contribution in [3.63, 3.8) is 0 Å². The lowest BCUT2D eigenvalue weighted by Gasteiger charge is -2.39. The summed E-state index contributed by atoms with van der Waals surface area (Å²) in [5, 5.41) is 17.3. The second-order valence-corrected chi connectivity index (χ2v) is 15.0. The molecule has 0 bridgehead atoms. The predicted octanol–water partition coefficient (Wildman–Crippen LogP) is 4.78. The molecule has 1 aliphatic carbocycles. The van der Waals surface area contributed by atoms with Gasteiger partial charge in [-0.15, -0.1) is 10.2 Å². The van der Waals surface area contributed by atoms with Crippen LogP contribution >= 0.6 is 0 Å². The summed E-state index contributed by atoms with van der Waals surface area (Å²) >= 11 is 0. The van der Waals surface area contributed by atoms with Crippen LogP contribution in [-0.2, 0) is 15.7 Å². The summed E-state index contributed by atoms with van der Waals surface area (Å²) in [7, 11) is 3.82.